The normalized spacial score (nSPS) is 20.3. The van der Waals surface area contributed by atoms with Crippen LogP contribution < -0.4 is 5.32 Å². The summed E-state index contributed by atoms with van der Waals surface area (Å²) in [7, 11) is 3.96. The number of alkyl carbamates (subject to hydrolysis) is 1. The molecule has 0 radical (unpaired) electrons. The number of rotatable bonds is 5. The van der Waals surface area contributed by atoms with Crippen LogP contribution in [-0.4, -0.2) is 79.7 Å². The molecular formula is C12H23N3O3S. The Balaban J connectivity index is 2.55. The van der Waals surface area contributed by atoms with Gasteiger partial charge in [-0.3, -0.25) is 4.79 Å². The average Bonchev–Trinajstić information content (AvgIpc) is 2.51. The van der Waals surface area contributed by atoms with E-state index in [0.29, 0.717) is 18.9 Å². The molecule has 1 rings (SSSR count). The largest absolute Gasteiger partial charge is 0.450 e. The number of hydrogen-bond acceptors (Lipinski definition) is 5. The van der Waals surface area contributed by atoms with Gasteiger partial charge in [-0.25, -0.2) is 4.79 Å². The standard InChI is InChI=1S/C12H23N3O3S/c1-4-18-12(17)13-10-9-19-8-7-15(11(10)16)6-5-14(2)3/h10H,4-9H2,1-3H3,(H,13,17). The van der Waals surface area contributed by atoms with Crippen molar-refractivity contribution in [2.24, 2.45) is 0 Å². The highest BCUT2D eigenvalue weighted by Crippen LogP contribution is 2.12. The molecule has 0 bridgehead atoms. The van der Waals surface area contributed by atoms with Crippen molar-refractivity contribution in [3.63, 3.8) is 0 Å². The minimum atomic E-state index is -0.518. The Hall–Kier alpha value is -0.950. The zero-order chi connectivity index (χ0) is 14.3. The second kappa shape index (κ2) is 8.27. The average molecular weight is 289 g/mol. The zero-order valence-electron chi connectivity index (χ0n) is 11.8. The maximum Gasteiger partial charge on any atom is 0.407 e. The van der Waals surface area contributed by atoms with Crippen LogP contribution in [0.3, 0.4) is 0 Å². The van der Waals surface area contributed by atoms with Crippen LogP contribution in [0.4, 0.5) is 4.79 Å². The van der Waals surface area contributed by atoms with Gasteiger partial charge in [0.25, 0.3) is 0 Å². The Morgan fingerprint density at radius 1 is 1.58 bits per heavy atom. The van der Waals surface area contributed by atoms with Gasteiger partial charge in [0.2, 0.25) is 5.91 Å². The molecule has 7 heteroatoms. The van der Waals surface area contributed by atoms with Crippen LogP contribution in [0, 0.1) is 0 Å². The summed E-state index contributed by atoms with van der Waals surface area (Å²) >= 11 is 1.68. The van der Waals surface area contributed by atoms with Crippen molar-refractivity contribution in [1.29, 1.82) is 0 Å². The molecular weight excluding hydrogens is 266 g/mol. The zero-order valence-corrected chi connectivity index (χ0v) is 12.7. The topological polar surface area (TPSA) is 61.9 Å². The molecule has 6 nitrogen and oxygen atoms in total. The number of carbonyl (C=O) groups excluding carboxylic acids is 2. The fourth-order valence-electron chi connectivity index (χ4n) is 1.74. The maximum absolute atomic E-state index is 12.3. The first kappa shape index (κ1) is 16.1. The number of nitrogens with one attached hydrogen (secondary N) is 1. The molecule has 19 heavy (non-hydrogen) atoms. The van der Waals surface area contributed by atoms with Crippen LogP contribution in [0.25, 0.3) is 0 Å². The van der Waals surface area contributed by atoms with Gasteiger partial charge in [0.05, 0.1) is 6.61 Å². The van der Waals surface area contributed by atoms with Crippen LogP contribution >= 0.6 is 11.8 Å². The molecule has 0 aromatic carbocycles. The van der Waals surface area contributed by atoms with E-state index >= 15 is 0 Å². The number of ether oxygens (including phenoxy) is 1. The quantitative estimate of drug-likeness (QED) is 0.785. The molecule has 1 aliphatic rings. The summed E-state index contributed by atoms with van der Waals surface area (Å²) in [6.45, 7) is 4.30. The molecule has 110 valence electrons. The van der Waals surface area contributed by atoms with E-state index < -0.39 is 12.1 Å². The van der Waals surface area contributed by atoms with E-state index in [4.69, 9.17) is 4.74 Å². The molecule has 0 saturated carbocycles. The number of thioether (sulfide) groups is 1. The predicted molar refractivity (Wildman–Crippen MR) is 76.4 cm³/mol. The molecule has 1 N–H and O–H groups in total. The lowest BCUT2D eigenvalue weighted by Crippen LogP contribution is -2.50. The summed E-state index contributed by atoms with van der Waals surface area (Å²) in [6.07, 6.45) is -0.518. The predicted octanol–water partition coefficient (Wildman–Crippen LogP) is 0.238. The number of hydrogen-bond donors (Lipinski definition) is 1. The van der Waals surface area contributed by atoms with Crippen LogP contribution in [0.15, 0.2) is 0 Å². The van der Waals surface area contributed by atoms with Gasteiger partial charge in [-0.1, -0.05) is 0 Å². The Morgan fingerprint density at radius 2 is 2.32 bits per heavy atom. The molecule has 1 heterocycles. The van der Waals surface area contributed by atoms with Gasteiger partial charge in [-0.05, 0) is 21.0 Å². The van der Waals surface area contributed by atoms with Gasteiger partial charge in [0.1, 0.15) is 6.04 Å². The third-order valence-electron chi connectivity index (χ3n) is 2.78. The second-order valence-electron chi connectivity index (χ2n) is 4.62. The molecule has 1 fully saturated rings. The fraction of sp³-hybridized carbons (Fsp3) is 0.833. The maximum atomic E-state index is 12.3. The van der Waals surface area contributed by atoms with Gasteiger partial charge >= 0.3 is 6.09 Å². The van der Waals surface area contributed by atoms with Crippen molar-refractivity contribution < 1.29 is 14.3 Å². The summed E-state index contributed by atoms with van der Waals surface area (Å²) in [5, 5.41) is 2.64. The van der Waals surface area contributed by atoms with E-state index in [1.54, 1.807) is 18.7 Å². The van der Waals surface area contributed by atoms with Crippen molar-refractivity contribution in [1.82, 2.24) is 15.1 Å². The molecule has 0 aromatic heterocycles. The van der Waals surface area contributed by atoms with Gasteiger partial charge in [-0.2, -0.15) is 11.8 Å². The molecule has 1 atom stereocenters. The molecule has 0 spiro atoms. The Kier molecular flexibility index (Phi) is 7.01. The lowest BCUT2D eigenvalue weighted by molar-refractivity contribution is -0.132. The van der Waals surface area contributed by atoms with E-state index in [0.717, 1.165) is 18.8 Å². The first-order valence-electron chi connectivity index (χ1n) is 6.49. The molecule has 1 saturated heterocycles. The highest BCUT2D eigenvalue weighted by molar-refractivity contribution is 7.99. The van der Waals surface area contributed by atoms with E-state index in [-0.39, 0.29) is 5.91 Å². The molecule has 0 aromatic rings. The molecule has 1 aliphatic heterocycles. The molecule has 0 aliphatic carbocycles. The van der Waals surface area contributed by atoms with Crippen LogP contribution in [0.1, 0.15) is 6.92 Å². The van der Waals surface area contributed by atoms with Crippen molar-refractivity contribution in [3.8, 4) is 0 Å². The van der Waals surface area contributed by atoms with Crippen LogP contribution in [0.2, 0.25) is 0 Å². The van der Waals surface area contributed by atoms with E-state index in [1.165, 1.54) is 0 Å². The first-order chi connectivity index (χ1) is 9.04. The third-order valence-corrected chi connectivity index (χ3v) is 3.82. The highest BCUT2D eigenvalue weighted by Gasteiger charge is 2.28. The van der Waals surface area contributed by atoms with Crippen molar-refractivity contribution in [2.45, 2.75) is 13.0 Å². The van der Waals surface area contributed by atoms with Crippen molar-refractivity contribution in [3.05, 3.63) is 0 Å². The van der Waals surface area contributed by atoms with Gasteiger partial charge in [-0.15, -0.1) is 0 Å². The Morgan fingerprint density at radius 3 is 2.95 bits per heavy atom. The Bertz CT molecular complexity index is 313. The van der Waals surface area contributed by atoms with Gasteiger partial charge in [0, 0.05) is 31.1 Å². The van der Waals surface area contributed by atoms with E-state index in [2.05, 4.69) is 5.32 Å². The Labute approximate surface area is 118 Å². The molecule has 1 unspecified atom stereocenters. The smallest absolute Gasteiger partial charge is 0.407 e. The lowest BCUT2D eigenvalue weighted by Gasteiger charge is -2.25. The lowest BCUT2D eigenvalue weighted by atomic mass is 10.3. The summed E-state index contributed by atoms with van der Waals surface area (Å²) in [4.78, 5) is 27.6. The highest BCUT2D eigenvalue weighted by atomic mass is 32.2. The summed E-state index contributed by atoms with van der Waals surface area (Å²) in [6, 6.07) is -0.478. The summed E-state index contributed by atoms with van der Waals surface area (Å²) in [5.41, 5.74) is 0. The fourth-order valence-corrected chi connectivity index (χ4v) is 2.72. The van der Waals surface area contributed by atoms with Crippen molar-refractivity contribution in [2.75, 3.05) is 51.8 Å². The van der Waals surface area contributed by atoms with Crippen LogP contribution in [0.5, 0.6) is 0 Å². The number of likely N-dealkylation sites (N-methyl/N-ethyl adjacent to an activating group) is 1. The summed E-state index contributed by atoms with van der Waals surface area (Å²) in [5.74, 6) is 1.50. The van der Waals surface area contributed by atoms with E-state index in [1.807, 2.05) is 23.9 Å². The minimum absolute atomic E-state index is 0.0140. The second-order valence-corrected chi connectivity index (χ2v) is 5.77. The molecule has 2 amide bonds. The monoisotopic (exact) mass is 289 g/mol. The van der Waals surface area contributed by atoms with E-state index in [9.17, 15) is 9.59 Å². The number of amides is 2. The van der Waals surface area contributed by atoms with Crippen LogP contribution in [-0.2, 0) is 9.53 Å². The SMILES string of the molecule is CCOC(=O)NC1CSCCN(CCN(C)C)C1=O. The third kappa shape index (κ3) is 5.69. The minimum Gasteiger partial charge on any atom is -0.450 e. The number of carbonyl (C=O) groups is 2. The van der Waals surface area contributed by atoms with Gasteiger partial charge in [0.15, 0.2) is 0 Å². The van der Waals surface area contributed by atoms with Crippen molar-refractivity contribution >= 4 is 23.8 Å². The summed E-state index contributed by atoms with van der Waals surface area (Å²) < 4.78 is 4.83. The first-order valence-corrected chi connectivity index (χ1v) is 7.64. The number of nitrogens with zero attached hydrogens (tertiary/aromatic N) is 2. The van der Waals surface area contributed by atoms with Gasteiger partial charge < -0.3 is 19.9 Å².